The lowest BCUT2D eigenvalue weighted by molar-refractivity contribution is -0.125. The van der Waals surface area contributed by atoms with Gasteiger partial charge in [-0.1, -0.05) is 11.8 Å². The zero-order valence-electron chi connectivity index (χ0n) is 6.09. The van der Waals surface area contributed by atoms with Crippen LogP contribution in [0, 0.1) is 0 Å². The summed E-state index contributed by atoms with van der Waals surface area (Å²) < 4.78 is 35.9. The van der Waals surface area contributed by atoms with Gasteiger partial charge in [-0.3, -0.25) is 5.10 Å². The molecule has 7 heteroatoms. The van der Waals surface area contributed by atoms with Crippen molar-refractivity contribution in [2.75, 3.05) is 0 Å². The highest BCUT2D eigenvalue weighted by Crippen LogP contribution is 2.32. The monoisotopic (exact) mass is 197 g/mol. The van der Waals surface area contributed by atoms with Crippen LogP contribution in [0.1, 0.15) is 6.92 Å². The van der Waals surface area contributed by atoms with Crippen LogP contribution in [0.15, 0.2) is 11.5 Å². The SMILES string of the molecule is CC(Sc1ncn[nH]1)C(F)(F)F. The molecule has 1 aromatic heterocycles. The molecular formula is C5H6F3N3S. The predicted molar refractivity (Wildman–Crippen MR) is 37.8 cm³/mol. The second-order valence-corrected chi connectivity index (χ2v) is 3.42. The molecule has 1 heterocycles. The van der Waals surface area contributed by atoms with Crippen molar-refractivity contribution in [3.63, 3.8) is 0 Å². The molecule has 68 valence electrons. The number of nitrogens with one attached hydrogen (secondary N) is 1. The second kappa shape index (κ2) is 3.34. The first-order valence-corrected chi connectivity index (χ1v) is 3.97. The summed E-state index contributed by atoms with van der Waals surface area (Å²) in [5.41, 5.74) is 0. The van der Waals surface area contributed by atoms with Gasteiger partial charge in [0.15, 0.2) is 5.16 Å². The van der Waals surface area contributed by atoms with Gasteiger partial charge in [0.25, 0.3) is 0 Å². The van der Waals surface area contributed by atoms with Crippen LogP contribution in [0.25, 0.3) is 0 Å². The molecule has 1 unspecified atom stereocenters. The topological polar surface area (TPSA) is 41.6 Å². The van der Waals surface area contributed by atoms with Crippen LogP contribution in [-0.4, -0.2) is 26.6 Å². The van der Waals surface area contributed by atoms with Gasteiger partial charge in [-0.25, -0.2) is 4.98 Å². The van der Waals surface area contributed by atoms with Crippen molar-refractivity contribution in [1.29, 1.82) is 0 Å². The molecule has 0 spiro atoms. The van der Waals surface area contributed by atoms with E-state index in [4.69, 9.17) is 0 Å². The van der Waals surface area contributed by atoms with E-state index in [9.17, 15) is 13.2 Å². The summed E-state index contributed by atoms with van der Waals surface area (Å²) in [4.78, 5) is 3.57. The van der Waals surface area contributed by atoms with Gasteiger partial charge >= 0.3 is 6.18 Å². The van der Waals surface area contributed by atoms with Crippen LogP contribution in [0.5, 0.6) is 0 Å². The summed E-state index contributed by atoms with van der Waals surface area (Å²) in [5, 5.41) is 4.49. The Morgan fingerprint density at radius 2 is 2.25 bits per heavy atom. The van der Waals surface area contributed by atoms with Crippen LogP contribution in [0.4, 0.5) is 13.2 Å². The highest BCUT2D eigenvalue weighted by Gasteiger charge is 2.37. The van der Waals surface area contributed by atoms with E-state index in [2.05, 4.69) is 15.2 Å². The Kier molecular flexibility index (Phi) is 2.61. The van der Waals surface area contributed by atoms with E-state index in [0.29, 0.717) is 11.8 Å². The molecule has 12 heavy (non-hydrogen) atoms. The number of hydrogen-bond donors (Lipinski definition) is 1. The minimum absolute atomic E-state index is 0.180. The molecule has 0 aromatic carbocycles. The minimum Gasteiger partial charge on any atom is -0.254 e. The Morgan fingerprint density at radius 1 is 1.58 bits per heavy atom. The van der Waals surface area contributed by atoms with E-state index in [1.165, 1.54) is 6.33 Å². The van der Waals surface area contributed by atoms with Crippen molar-refractivity contribution < 1.29 is 13.2 Å². The zero-order valence-corrected chi connectivity index (χ0v) is 6.91. The summed E-state index contributed by atoms with van der Waals surface area (Å²) in [7, 11) is 0. The molecule has 0 amide bonds. The molecule has 0 fully saturated rings. The minimum atomic E-state index is -4.20. The smallest absolute Gasteiger partial charge is 0.254 e. The Hall–Kier alpha value is -0.720. The van der Waals surface area contributed by atoms with Crippen LogP contribution in [-0.2, 0) is 0 Å². The van der Waals surface area contributed by atoms with Gasteiger partial charge in [-0.15, -0.1) is 0 Å². The largest absolute Gasteiger partial charge is 0.400 e. The van der Waals surface area contributed by atoms with Gasteiger partial charge in [0.2, 0.25) is 0 Å². The maximum atomic E-state index is 12.0. The van der Waals surface area contributed by atoms with Crippen molar-refractivity contribution in [2.45, 2.75) is 23.5 Å². The van der Waals surface area contributed by atoms with Crippen LogP contribution >= 0.6 is 11.8 Å². The van der Waals surface area contributed by atoms with Gasteiger partial charge in [0.1, 0.15) is 11.6 Å². The Bertz CT molecular complexity index is 233. The molecule has 0 bridgehead atoms. The molecule has 0 saturated heterocycles. The number of alkyl halides is 3. The number of rotatable bonds is 2. The molecule has 0 aliphatic heterocycles. The first-order valence-electron chi connectivity index (χ1n) is 3.09. The van der Waals surface area contributed by atoms with Crippen molar-refractivity contribution in [3.05, 3.63) is 6.33 Å². The van der Waals surface area contributed by atoms with Crippen molar-refractivity contribution in [3.8, 4) is 0 Å². The molecule has 0 aliphatic rings. The third-order valence-electron chi connectivity index (χ3n) is 1.14. The lowest BCUT2D eigenvalue weighted by Crippen LogP contribution is -2.22. The fourth-order valence-electron chi connectivity index (χ4n) is 0.485. The van der Waals surface area contributed by atoms with Crippen LogP contribution in [0.2, 0.25) is 0 Å². The van der Waals surface area contributed by atoms with Gasteiger partial charge in [0.05, 0.1) is 0 Å². The standard InChI is InChI=1S/C5H6F3N3S/c1-3(5(6,7)8)12-4-9-2-10-11-4/h2-3H,1H3,(H,9,10,11). The highest BCUT2D eigenvalue weighted by atomic mass is 32.2. The van der Waals surface area contributed by atoms with Crippen LogP contribution < -0.4 is 0 Å². The normalized spacial score (nSPS) is 14.7. The number of H-pyrrole nitrogens is 1. The van der Waals surface area contributed by atoms with Gasteiger partial charge < -0.3 is 0 Å². The van der Waals surface area contributed by atoms with E-state index in [-0.39, 0.29) is 5.16 Å². The molecule has 1 rings (SSSR count). The maximum absolute atomic E-state index is 12.0. The first-order chi connectivity index (χ1) is 5.50. The number of thioether (sulfide) groups is 1. The lowest BCUT2D eigenvalue weighted by atomic mass is 10.5. The summed E-state index contributed by atoms with van der Waals surface area (Å²) in [6.45, 7) is 1.08. The molecular weight excluding hydrogens is 191 g/mol. The molecule has 1 aromatic rings. The number of hydrogen-bond acceptors (Lipinski definition) is 3. The van der Waals surface area contributed by atoms with Crippen molar-refractivity contribution in [2.24, 2.45) is 0 Å². The third-order valence-corrected chi connectivity index (χ3v) is 2.18. The van der Waals surface area contributed by atoms with E-state index >= 15 is 0 Å². The average Bonchev–Trinajstić information content (AvgIpc) is 2.37. The lowest BCUT2D eigenvalue weighted by Gasteiger charge is -2.12. The summed E-state index contributed by atoms with van der Waals surface area (Å²) in [6.07, 6.45) is -3.02. The third kappa shape index (κ3) is 2.40. The first kappa shape index (κ1) is 9.37. The molecule has 3 nitrogen and oxygen atoms in total. The van der Waals surface area contributed by atoms with Crippen molar-refractivity contribution >= 4 is 11.8 Å². The van der Waals surface area contributed by atoms with E-state index in [1.807, 2.05) is 0 Å². The Balaban J connectivity index is 2.53. The molecule has 0 aliphatic carbocycles. The van der Waals surface area contributed by atoms with E-state index < -0.39 is 11.4 Å². The summed E-state index contributed by atoms with van der Waals surface area (Å²) in [5.74, 6) is 0. The fraction of sp³-hybridized carbons (Fsp3) is 0.600. The average molecular weight is 197 g/mol. The summed E-state index contributed by atoms with van der Waals surface area (Å²) in [6, 6.07) is 0. The van der Waals surface area contributed by atoms with E-state index in [0.717, 1.165) is 6.92 Å². The zero-order chi connectivity index (χ0) is 9.19. The van der Waals surface area contributed by atoms with Gasteiger partial charge in [0, 0.05) is 0 Å². The number of halogens is 3. The summed E-state index contributed by atoms with van der Waals surface area (Å²) >= 11 is 0.603. The quantitative estimate of drug-likeness (QED) is 0.735. The fourth-order valence-corrected chi connectivity index (χ4v) is 1.17. The van der Waals surface area contributed by atoms with Gasteiger partial charge in [-0.2, -0.15) is 18.3 Å². The molecule has 0 saturated carbocycles. The highest BCUT2D eigenvalue weighted by molar-refractivity contribution is 7.99. The van der Waals surface area contributed by atoms with Gasteiger partial charge in [-0.05, 0) is 6.92 Å². The van der Waals surface area contributed by atoms with Crippen molar-refractivity contribution in [1.82, 2.24) is 15.2 Å². The number of aromatic nitrogens is 3. The number of nitrogens with zero attached hydrogens (tertiary/aromatic N) is 2. The second-order valence-electron chi connectivity index (χ2n) is 2.09. The predicted octanol–water partition coefficient (Wildman–Crippen LogP) is 1.85. The molecule has 0 radical (unpaired) electrons. The van der Waals surface area contributed by atoms with E-state index in [1.54, 1.807) is 0 Å². The molecule has 1 atom stereocenters. The maximum Gasteiger partial charge on any atom is 0.400 e. The number of aromatic amines is 1. The Labute approximate surface area is 70.8 Å². The molecule has 1 N–H and O–H groups in total. The van der Waals surface area contributed by atoms with Crippen LogP contribution in [0.3, 0.4) is 0 Å². The Morgan fingerprint density at radius 3 is 2.67 bits per heavy atom.